The number of nitrogens with two attached hydrogens (primary N) is 1. The van der Waals surface area contributed by atoms with Gasteiger partial charge in [0.05, 0.1) is 7.11 Å². The summed E-state index contributed by atoms with van der Waals surface area (Å²) in [5.74, 6) is -0.918. The topological polar surface area (TPSA) is 52.3 Å². The van der Waals surface area contributed by atoms with Gasteiger partial charge < -0.3 is 10.5 Å². The minimum Gasteiger partial charge on any atom is -0.467 e. The SMILES string of the molecule is CC.COC(=O)C(C)(N)c1ccc(F)cc1. The van der Waals surface area contributed by atoms with Crippen LogP contribution in [0.25, 0.3) is 0 Å². The molecule has 0 bridgehead atoms. The lowest BCUT2D eigenvalue weighted by molar-refractivity contribution is -0.146. The van der Waals surface area contributed by atoms with Crippen molar-refractivity contribution in [1.29, 1.82) is 0 Å². The van der Waals surface area contributed by atoms with Crippen molar-refractivity contribution in [2.45, 2.75) is 26.3 Å². The Morgan fingerprint density at radius 1 is 1.31 bits per heavy atom. The third-order valence-corrected chi connectivity index (χ3v) is 2.05. The Morgan fingerprint density at radius 3 is 2.12 bits per heavy atom. The van der Waals surface area contributed by atoms with E-state index in [0.29, 0.717) is 5.56 Å². The van der Waals surface area contributed by atoms with Crippen LogP contribution in [-0.4, -0.2) is 13.1 Å². The molecule has 4 heteroatoms. The summed E-state index contributed by atoms with van der Waals surface area (Å²) in [6.07, 6.45) is 0. The van der Waals surface area contributed by atoms with Gasteiger partial charge in [0.2, 0.25) is 0 Å². The predicted octanol–water partition coefficient (Wildman–Crippen LogP) is 2.20. The highest BCUT2D eigenvalue weighted by molar-refractivity contribution is 5.81. The smallest absolute Gasteiger partial charge is 0.330 e. The van der Waals surface area contributed by atoms with Crippen LogP contribution in [-0.2, 0) is 15.1 Å². The lowest BCUT2D eigenvalue weighted by Crippen LogP contribution is -2.42. The molecule has 0 aliphatic carbocycles. The number of halogens is 1. The number of carbonyl (C=O) groups is 1. The number of rotatable bonds is 2. The Bertz CT molecular complexity index is 333. The van der Waals surface area contributed by atoms with E-state index in [1.165, 1.54) is 38.3 Å². The molecule has 0 heterocycles. The quantitative estimate of drug-likeness (QED) is 0.788. The second-order valence-corrected chi connectivity index (χ2v) is 3.20. The molecule has 0 spiro atoms. The highest BCUT2D eigenvalue weighted by Crippen LogP contribution is 2.19. The third-order valence-electron chi connectivity index (χ3n) is 2.05. The molecule has 0 aliphatic rings. The standard InChI is InChI=1S/C10H12FNO2.C2H6/c1-10(12,9(13)14-2)7-3-5-8(11)6-4-7;1-2/h3-6H,12H2,1-2H3;1-2H3. The minimum atomic E-state index is -1.23. The Balaban J connectivity index is 0.00000106. The summed E-state index contributed by atoms with van der Waals surface area (Å²) in [4.78, 5) is 11.3. The molecule has 0 radical (unpaired) electrons. The van der Waals surface area contributed by atoms with Gasteiger partial charge in [-0.2, -0.15) is 0 Å². The van der Waals surface area contributed by atoms with Crippen LogP contribution >= 0.6 is 0 Å². The van der Waals surface area contributed by atoms with E-state index in [4.69, 9.17) is 5.73 Å². The molecule has 0 saturated carbocycles. The molecule has 2 N–H and O–H groups in total. The molecule has 0 aromatic heterocycles. The fourth-order valence-corrected chi connectivity index (χ4v) is 1.13. The first-order valence-electron chi connectivity index (χ1n) is 5.12. The molecule has 0 amide bonds. The van der Waals surface area contributed by atoms with E-state index in [1.54, 1.807) is 0 Å². The first-order valence-corrected chi connectivity index (χ1v) is 5.12. The summed E-state index contributed by atoms with van der Waals surface area (Å²) in [5, 5.41) is 0. The molecule has 1 rings (SSSR count). The monoisotopic (exact) mass is 227 g/mol. The molecule has 0 aliphatic heterocycles. The van der Waals surface area contributed by atoms with Crippen LogP contribution in [0, 0.1) is 5.82 Å². The number of carbonyl (C=O) groups excluding carboxylic acids is 1. The van der Waals surface area contributed by atoms with Gasteiger partial charge in [-0.15, -0.1) is 0 Å². The van der Waals surface area contributed by atoms with Crippen molar-refractivity contribution in [1.82, 2.24) is 0 Å². The molecule has 16 heavy (non-hydrogen) atoms. The third kappa shape index (κ3) is 3.31. The number of esters is 1. The van der Waals surface area contributed by atoms with Crippen molar-refractivity contribution in [3.63, 3.8) is 0 Å². The molecular formula is C12H18FNO2. The van der Waals surface area contributed by atoms with E-state index in [1.807, 2.05) is 13.8 Å². The van der Waals surface area contributed by atoms with Crippen LogP contribution in [0.15, 0.2) is 24.3 Å². The minimum absolute atomic E-state index is 0.366. The van der Waals surface area contributed by atoms with Crippen LogP contribution in [0.5, 0.6) is 0 Å². The van der Waals surface area contributed by atoms with Crippen LogP contribution in [0.4, 0.5) is 4.39 Å². The zero-order chi connectivity index (χ0) is 12.8. The largest absolute Gasteiger partial charge is 0.467 e. The Kier molecular flexibility index (Phi) is 5.67. The molecule has 1 atom stereocenters. The fraction of sp³-hybridized carbons (Fsp3) is 0.417. The average Bonchev–Trinajstić information content (AvgIpc) is 2.31. The molecular weight excluding hydrogens is 209 g/mol. The van der Waals surface area contributed by atoms with Crippen molar-refractivity contribution >= 4 is 5.97 Å². The van der Waals surface area contributed by atoms with Crippen molar-refractivity contribution < 1.29 is 13.9 Å². The number of hydrogen-bond donors (Lipinski definition) is 1. The number of methoxy groups -OCH3 is 1. The second-order valence-electron chi connectivity index (χ2n) is 3.20. The van der Waals surface area contributed by atoms with E-state index in [9.17, 15) is 9.18 Å². The molecule has 0 saturated heterocycles. The van der Waals surface area contributed by atoms with Crippen LogP contribution in [0.1, 0.15) is 26.3 Å². The summed E-state index contributed by atoms with van der Waals surface area (Å²) < 4.78 is 17.1. The lowest BCUT2D eigenvalue weighted by Gasteiger charge is -2.21. The van der Waals surface area contributed by atoms with Gasteiger partial charge in [0, 0.05) is 0 Å². The maximum atomic E-state index is 12.6. The van der Waals surface area contributed by atoms with Crippen molar-refractivity contribution in [2.75, 3.05) is 7.11 Å². The van der Waals surface area contributed by atoms with E-state index < -0.39 is 11.5 Å². The van der Waals surface area contributed by atoms with Gasteiger partial charge in [-0.05, 0) is 24.6 Å². The van der Waals surface area contributed by atoms with Crippen molar-refractivity contribution in [3.8, 4) is 0 Å². The number of hydrogen-bond acceptors (Lipinski definition) is 3. The van der Waals surface area contributed by atoms with Gasteiger partial charge in [0.25, 0.3) is 0 Å². The lowest BCUT2D eigenvalue weighted by atomic mass is 9.93. The molecule has 1 aromatic rings. The highest BCUT2D eigenvalue weighted by Gasteiger charge is 2.31. The number of ether oxygens (including phenoxy) is 1. The predicted molar refractivity (Wildman–Crippen MR) is 61.3 cm³/mol. The Morgan fingerprint density at radius 2 is 1.75 bits per heavy atom. The van der Waals surface area contributed by atoms with Gasteiger partial charge in [-0.1, -0.05) is 26.0 Å². The van der Waals surface area contributed by atoms with Crippen LogP contribution in [0.2, 0.25) is 0 Å². The van der Waals surface area contributed by atoms with Gasteiger partial charge in [-0.3, -0.25) is 0 Å². The van der Waals surface area contributed by atoms with Crippen molar-refractivity contribution in [3.05, 3.63) is 35.6 Å². The van der Waals surface area contributed by atoms with Crippen LogP contribution in [0.3, 0.4) is 0 Å². The van der Waals surface area contributed by atoms with Crippen LogP contribution < -0.4 is 5.73 Å². The van der Waals surface area contributed by atoms with E-state index >= 15 is 0 Å². The number of benzene rings is 1. The maximum Gasteiger partial charge on any atom is 0.330 e. The molecule has 1 unspecified atom stereocenters. The highest BCUT2D eigenvalue weighted by atomic mass is 19.1. The van der Waals surface area contributed by atoms with E-state index in [0.717, 1.165) is 0 Å². The average molecular weight is 227 g/mol. The first kappa shape index (κ1) is 14.6. The molecule has 0 fully saturated rings. The molecule has 90 valence electrons. The van der Waals surface area contributed by atoms with E-state index in [2.05, 4.69) is 4.74 Å². The van der Waals surface area contributed by atoms with Gasteiger partial charge in [0.15, 0.2) is 0 Å². The Labute approximate surface area is 95.4 Å². The van der Waals surface area contributed by atoms with Gasteiger partial charge >= 0.3 is 5.97 Å². The van der Waals surface area contributed by atoms with Gasteiger partial charge in [-0.25, -0.2) is 9.18 Å². The Hall–Kier alpha value is -1.42. The molecule has 3 nitrogen and oxygen atoms in total. The molecule has 1 aromatic carbocycles. The summed E-state index contributed by atoms with van der Waals surface area (Å²) in [7, 11) is 1.26. The van der Waals surface area contributed by atoms with Gasteiger partial charge in [0.1, 0.15) is 11.4 Å². The summed E-state index contributed by atoms with van der Waals surface area (Å²) in [5.41, 5.74) is 5.03. The summed E-state index contributed by atoms with van der Waals surface area (Å²) >= 11 is 0. The summed E-state index contributed by atoms with van der Waals surface area (Å²) in [6, 6.07) is 5.44. The fourth-order valence-electron chi connectivity index (χ4n) is 1.13. The second kappa shape index (κ2) is 6.23. The first-order chi connectivity index (χ1) is 7.48. The summed E-state index contributed by atoms with van der Waals surface area (Å²) in [6.45, 7) is 5.52. The van der Waals surface area contributed by atoms with E-state index in [-0.39, 0.29) is 5.82 Å². The van der Waals surface area contributed by atoms with Crippen molar-refractivity contribution in [2.24, 2.45) is 5.73 Å². The zero-order valence-electron chi connectivity index (χ0n) is 10.1. The maximum absolute atomic E-state index is 12.6. The normalized spacial score (nSPS) is 13.1. The zero-order valence-corrected chi connectivity index (χ0v) is 10.1.